The molecule has 2 aromatic carbocycles. The van der Waals surface area contributed by atoms with Crippen molar-refractivity contribution in [2.45, 2.75) is 70.9 Å². The Labute approximate surface area is 222 Å². The molecule has 3 atom stereocenters. The maximum atomic E-state index is 12.8. The van der Waals surface area contributed by atoms with Crippen molar-refractivity contribution in [1.82, 2.24) is 16.0 Å². The van der Waals surface area contributed by atoms with Gasteiger partial charge < -0.3 is 30.7 Å². The number of hydrogen-bond acceptors (Lipinski definition) is 6. The number of epoxide rings is 1. The number of benzene rings is 2. The minimum atomic E-state index is -0.968. The average molecular weight is 525 g/mol. The van der Waals surface area contributed by atoms with Crippen LogP contribution in [-0.2, 0) is 36.8 Å². The standard InChI is InChI=1S/C28H36N4O6/c1-5-15-29-24(33)21(16-18-9-7-6-8-10-18)32-26(35)23-22(37-23)25(34)31-20-13-11-19(12-14-20)17-30-27(36)38-28(2,3)4/h6-14,21-23H,5,15-17H2,1-4H3,(H,29,33)(H,30,36)(H,31,34)(H,32,35)/t21-,22-,23-/m0/s1. The normalized spacial score (nSPS) is 17.1. The average Bonchev–Trinajstić information content (AvgIpc) is 3.67. The van der Waals surface area contributed by atoms with E-state index in [4.69, 9.17) is 9.47 Å². The Morgan fingerprint density at radius 3 is 2.18 bits per heavy atom. The van der Waals surface area contributed by atoms with E-state index in [9.17, 15) is 19.2 Å². The third-order valence-electron chi connectivity index (χ3n) is 5.53. The van der Waals surface area contributed by atoms with E-state index in [0.717, 1.165) is 17.5 Å². The third kappa shape index (κ3) is 9.19. The minimum absolute atomic E-state index is 0.271. The van der Waals surface area contributed by atoms with Gasteiger partial charge in [-0.15, -0.1) is 0 Å². The largest absolute Gasteiger partial charge is 0.444 e. The monoisotopic (exact) mass is 524 g/mol. The van der Waals surface area contributed by atoms with Gasteiger partial charge in [0.15, 0.2) is 12.2 Å². The molecule has 1 saturated heterocycles. The number of hydrogen-bond donors (Lipinski definition) is 4. The minimum Gasteiger partial charge on any atom is -0.444 e. The van der Waals surface area contributed by atoms with Gasteiger partial charge in [0, 0.05) is 25.2 Å². The fraction of sp³-hybridized carbons (Fsp3) is 0.429. The Kier molecular flexibility index (Phi) is 9.84. The highest BCUT2D eigenvalue weighted by Gasteiger charge is 2.51. The molecule has 0 bridgehead atoms. The van der Waals surface area contributed by atoms with Crippen molar-refractivity contribution in [3.05, 3.63) is 65.7 Å². The Balaban J connectivity index is 1.49. The Hall–Kier alpha value is -3.92. The van der Waals surface area contributed by atoms with Crippen LogP contribution in [0.1, 0.15) is 45.2 Å². The lowest BCUT2D eigenvalue weighted by Crippen LogP contribution is -2.49. The molecule has 1 heterocycles. The summed E-state index contributed by atoms with van der Waals surface area (Å²) in [6.45, 7) is 8.08. The van der Waals surface area contributed by atoms with E-state index in [2.05, 4.69) is 21.3 Å². The zero-order valence-corrected chi connectivity index (χ0v) is 22.2. The molecular formula is C28H36N4O6. The molecule has 0 saturated carbocycles. The molecule has 3 rings (SSSR count). The van der Waals surface area contributed by atoms with Crippen LogP contribution in [0.15, 0.2) is 54.6 Å². The molecule has 0 spiro atoms. The Morgan fingerprint density at radius 2 is 1.55 bits per heavy atom. The van der Waals surface area contributed by atoms with E-state index >= 15 is 0 Å². The second kappa shape index (κ2) is 13.0. The predicted octanol–water partition coefficient (Wildman–Crippen LogP) is 2.67. The molecule has 0 unspecified atom stereocenters. The van der Waals surface area contributed by atoms with E-state index in [1.165, 1.54) is 0 Å². The summed E-state index contributed by atoms with van der Waals surface area (Å²) in [7, 11) is 0. The van der Waals surface area contributed by atoms with Gasteiger partial charge in [-0.25, -0.2) is 4.79 Å². The van der Waals surface area contributed by atoms with Crippen molar-refractivity contribution in [2.24, 2.45) is 0 Å². The lowest BCUT2D eigenvalue weighted by Gasteiger charge is -2.19. The van der Waals surface area contributed by atoms with Gasteiger partial charge in [-0.2, -0.15) is 0 Å². The highest BCUT2D eigenvalue weighted by molar-refractivity contribution is 6.02. The molecule has 0 aromatic heterocycles. The number of ether oxygens (including phenoxy) is 2. The van der Waals surface area contributed by atoms with Crippen LogP contribution in [0, 0.1) is 0 Å². The maximum Gasteiger partial charge on any atom is 0.407 e. The number of nitrogens with one attached hydrogen (secondary N) is 4. The number of carbonyl (C=O) groups is 4. The summed E-state index contributed by atoms with van der Waals surface area (Å²) in [5, 5.41) is 10.9. The molecule has 1 aliphatic rings. The number of amides is 4. The van der Waals surface area contributed by atoms with Crippen LogP contribution in [0.3, 0.4) is 0 Å². The van der Waals surface area contributed by atoms with Gasteiger partial charge >= 0.3 is 6.09 Å². The molecule has 204 valence electrons. The fourth-order valence-electron chi connectivity index (χ4n) is 3.60. The molecule has 4 amide bonds. The fourth-order valence-corrected chi connectivity index (χ4v) is 3.60. The van der Waals surface area contributed by atoms with Gasteiger partial charge in [-0.3, -0.25) is 14.4 Å². The molecular weight excluding hydrogens is 488 g/mol. The number of carbonyl (C=O) groups excluding carboxylic acids is 4. The van der Waals surface area contributed by atoms with Gasteiger partial charge in [-0.05, 0) is 50.5 Å². The first-order valence-electron chi connectivity index (χ1n) is 12.7. The van der Waals surface area contributed by atoms with Crippen LogP contribution in [0.25, 0.3) is 0 Å². The van der Waals surface area contributed by atoms with Gasteiger partial charge in [0.05, 0.1) is 0 Å². The molecule has 4 N–H and O–H groups in total. The van der Waals surface area contributed by atoms with Crippen molar-refractivity contribution < 1.29 is 28.7 Å². The number of anilines is 1. The third-order valence-corrected chi connectivity index (χ3v) is 5.53. The molecule has 1 fully saturated rings. The summed E-state index contributed by atoms with van der Waals surface area (Å²) in [5.41, 5.74) is 1.66. The Bertz CT molecular complexity index is 1110. The van der Waals surface area contributed by atoms with Crippen LogP contribution in [0.2, 0.25) is 0 Å². The van der Waals surface area contributed by atoms with E-state index in [1.807, 2.05) is 37.3 Å². The predicted molar refractivity (Wildman–Crippen MR) is 142 cm³/mol. The highest BCUT2D eigenvalue weighted by Crippen LogP contribution is 2.24. The van der Waals surface area contributed by atoms with E-state index in [1.54, 1.807) is 45.0 Å². The molecule has 0 aliphatic carbocycles. The van der Waals surface area contributed by atoms with Crippen LogP contribution in [0.4, 0.5) is 10.5 Å². The van der Waals surface area contributed by atoms with Gasteiger partial charge in [0.2, 0.25) is 5.91 Å². The maximum absolute atomic E-state index is 12.8. The van der Waals surface area contributed by atoms with E-state index < -0.39 is 41.8 Å². The summed E-state index contributed by atoms with van der Waals surface area (Å²) >= 11 is 0. The number of rotatable bonds is 11. The van der Waals surface area contributed by atoms with Crippen LogP contribution in [-0.4, -0.2) is 54.2 Å². The van der Waals surface area contributed by atoms with E-state index in [-0.39, 0.29) is 12.5 Å². The first kappa shape index (κ1) is 28.6. The van der Waals surface area contributed by atoms with Gasteiger partial charge in [0.1, 0.15) is 11.6 Å². The zero-order chi connectivity index (χ0) is 27.7. The first-order chi connectivity index (χ1) is 18.1. The van der Waals surface area contributed by atoms with E-state index in [0.29, 0.717) is 18.7 Å². The quantitative estimate of drug-likeness (QED) is 0.334. The summed E-state index contributed by atoms with van der Waals surface area (Å²) in [4.78, 5) is 49.8. The zero-order valence-electron chi connectivity index (χ0n) is 22.2. The summed E-state index contributed by atoms with van der Waals surface area (Å²) in [6, 6.07) is 15.5. The van der Waals surface area contributed by atoms with Crippen molar-refractivity contribution in [2.75, 3.05) is 11.9 Å². The van der Waals surface area contributed by atoms with Gasteiger partial charge in [0.25, 0.3) is 11.8 Å². The molecule has 1 aliphatic heterocycles. The van der Waals surface area contributed by atoms with Crippen molar-refractivity contribution in [3.8, 4) is 0 Å². The van der Waals surface area contributed by atoms with Crippen LogP contribution < -0.4 is 21.3 Å². The van der Waals surface area contributed by atoms with Crippen LogP contribution >= 0.6 is 0 Å². The van der Waals surface area contributed by atoms with Crippen LogP contribution in [0.5, 0.6) is 0 Å². The number of alkyl carbamates (subject to hydrolysis) is 1. The second-order valence-electron chi connectivity index (χ2n) is 10.1. The topological polar surface area (TPSA) is 138 Å². The van der Waals surface area contributed by atoms with Crippen molar-refractivity contribution in [3.63, 3.8) is 0 Å². The molecule has 10 heteroatoms. The Morgan fingerprint density at radius 1 is 0.895 bits per heavy atom. The molecule has 38 heavy (non-hydrogen) atoms. The second-order valence-corrected chi connectivity index (χ2v) is 10.1. The summed E-state index contributed by atoms with van der Waals surface area (Å²) in [6.07, 6.45) is -1.34. The summed E-state index contributed by atoms with van der Waals surface area (Å²) < 4.78 is 10.5. The smallest absolute Gasteiger partial charge is 0.407 e. The van der Waals surface area contributed by atoms with Crippen molar-refractivity contribution in [1.29, 1.82) is 0 Å². The van der Waals surface area contributed by atoms with Gasteiger partial charge in [-0.1, -0.05) is 49.4 Å². The molecule has 0 radical (unpaired) electrons. The first-order valence-corrected chi connectivity index (χ1v) is 12.7. The lowest BCUT2D eigenvalue weighted by atomic mass is 10.0. The molecule has 2 aromatic rings. The SMILES string of the molecule is CCCNC(=O)[C@H](Cc1ccccc1)NC(=O)[C@H]1O[C@@H]1C(=O)Nc1ccc(CNC(=O)OC(C)(C)C)cc1. The van der Waals surface area contributed by atoms with Crippen molar-refractivity contribution >= 4 is 29.5 Å². The highest BCUT2D eigenvalue weighted by atomic mass is 16.6. The summed E-state index contributed by atoms with van der Waals surface area (Å²) in [5.74, 6) is -1.26. The molecule has 10 nitrogen and oxygen atoms in total. The lowest BCUT2D eigenvalue weighted by molar-refractivity contribution is -0.129.